The van der Waals surface area contributed by atoms with Crippen molar-refractivity contribution >= 4 is 11.8 Å². The monoisotopic (exact) mass is 412 g/mol. The van der Waals surface area contributed by atoms with Crippen LogP contribution >= 0.6 is 0 Å². The number of pyridine rings is 1. The molecule has 8 heteroatoms. The fourth-order valence-corrected chi connectivity index (χ4v) is 4.20. The molecule has 0 aliphatic carbocycles. The van der Waals surface area contributed by atoms with Crippen LogP contribution in [0.1, 0.15) is 24.5 Å². The van der Waals surface area contributed by atoms with Gasteiger partial charge in [-0.2, -0.15) is 0 Å². The first-order valence-electron chi connectivity index (χ1n) is 10.3. The molecule has 1 atom stereocenters. The number of rotatable bonds is 4. The molecule has 2 aliphatic rings. The van der Waals surface area contributed by atoms with Gasteiger partial charge in [-0.1, -0.05) is 6.92 Å². The van der Waals surface area contributed by atoms with Crippen molar-refractivity contribution in [2.75, 3.05) is 26.2 Å². The Morgan fingerprint density at radius 3 is 2.67 bits per heavy atom. The molecule has 1 unspecified atom stereocenters. The third-order valence-corrected chi connectivity index (χ3v) is 5.92. The van der Waals surface area contributed by atoms with Gasteiger partial charge >= 0.3 is 0 Å². The van der Waals surface area contributed by atoms with Crippen LogP contribution in [0, 0.1) is 5.82 Å². The van der Waals surface area contributed by atoms with E-state index < -0.39 is 6.04 Å². The Labute approximate surface area is 174 Å². The van der Waals surface area contributed by atoms with Crippen molar-refractivity contribution in [2.24, 2.45) is 0 Å². The molecular weight excluding hydrogens is 387 g/mol. The molecule has 1 aromatic heterocycles. The van der Waals surface area contributed by atoms with E-state index in [1.54, 1.807) is 29.3 Å². The minimum atomic E-state index is -0.439. The average molecular weight is 412 g/mol. The lowest BCUT2D eigenvalue weighted by Gasteiger charge is -2.36. The first kappa shape index (κ1) is 20.3. The predicted molar refractivity (Wildman–Crippen MR) is 110 cm³/mol. The molecule has 3 heterocycles. The SMILES string of the molecule is CCN1CCNC(=O)C1CC(=O)N1CCc2cc(=O)n(-c3ccc(F)cc3)cc2C1. The van der Waals surface area contributed by atoms with Crippen LogP contribution < -0.4 is 10.9 Å². The van der Waals surface area contributed by atoms with Gasteiger partial charge in [0, 0.05) is 44.1 Å². The Morgan fingerprint density at radius 2 is 1.93 bits per heavy atom. The lowest BCUT2D eigenvalue weighted by molar-refractivity contribution is -0.139. The zero-order valence-electron chi connectivity index (χ0n) is 16.9. The minimum Gasteiger partial charge on any atom is -0.353 e. The highest BCUT2D eigenvalue weighted by Crippen LogP contribution is 2.21. The van der Waals surface area contributed by atoms with Crippen molar-refractivity contribution in [1.82, 2.24) is 19.7 Å². The molecule has 1 saturated heterocycles. The number of amides is 2. The topological polar surface area (TPSA) is 74.7 Å². The summed E-state index contributed by atoms with van der Waals surface area (Å²) in [6, 6.07) is 6.88. The molecule has 2 amide bonds. The smallest absolute Gasteiger partial charge is 0.255 e. The second kappa shape index (κ2) is 8.39. The zero-order valence-corrected chi connectivity index (χ0v) is 16.9. The van der Waals surface area contributed by atoms with E-state index in [-0.39, 0.29) is 29.6 Å². The van der Waals surface area contributed by atoms with Gasteiger partial charge in [0.2, 0.25) is 11.8 Å². The number of likely N-dealkylation sites (N-methyl/N-ethyl adjacent to an activating group) is 1. The van der Waals surface area contributed by atoms with Crippen LogP contribution in [0.2, 0.25) is 0 Å². The maximum Gasteiger partial charge on any atom is 0.255 e. The average Bonchev–Trinajstić information content (AvgIpc) is 2.75. The van der Waals surface area contributed by atoms with Gasteiger partial charge in [-0.15, -0.1) is 0 Å². The van der Waals surface area contributed by atoms with Crippen LogP contribution in [-0.4, -0.2) is 58.4 Å². The van der Waals surface area contributed by atoms with E-state index in [4.69, 9.17) is 0 Å². The van der Waals surface area contributed by atoms with E-state index in [2.05, 4.69) is 5.32 Å². The largest absolute Gasteiger partial charge is 0.353 e. The highest BCUT2D eigenvalue weighted by molar-refractivity contribution is 5.89. The molecule has 1 aromatic carbocycles. The van der Waals surface area contributed by atoms with Gasteiger partial charge in [0.25, 0.3) is 5.56 Å². The minimum absolute atomic E-state index is 0.0688. The van der Waals surface area contributed by atoms with Crippen LogP contribution in [-0.2, 0) is 22.6 Å². The fraction of sp³-hybridized carbons (Fsp3) is 0.409. The summed E-state index contributed by atoms with van der Waals surface area (Å²) in [4.78, 5) is 41.5. The molecule has 0 bridgehead atoms. The number of carbonyl (C=O) groups excluding carboxylic acids is 2. The molecule has 30 heavy (non-hydrogen) atoms. The normalized spacial score (nSPS) is 19.3. The number of nitrogens with one attached hydrogen (secondary N) is 1. The maximum absolute atomic E-state index is 13.2. The number of piperazine rings is 1. The van der Waals surface area contributed by atoms with Crippen LogP contribution in [0.25, 0.3) is 5.69 Å². The lowest BCUT2D eigenvalue weighted by Crippen LogP contribution is -2.56. The van der Waals surface area contributed by atoms with E-state index in [9.17, 15) is 18.8 Å². The maximum atomic E-state index is 13.2. The Bertz CT molecular complexity index is 1020. The third-order valence-electron chi connectivity index (χ3n) is 5.92. The van der Waals surface area contributed by atoms with Crippen molar-refractivity contribution in [3.63, 3.8) is 0 Å². The van der Waals surface area contributed by atoms with Crippen molar-refractivity contribution in [1.29, 1.82) is 0 Å². The summed E-state index contributed by atoms with van der Waals surface area (Å²) in [6.07, 6.45) is 2.47. The second-order valence-electron chi connectivity index (χ2n) is 7.71. The Kier molecular flexibility index (Phi) is 5.67. The van der Waals surface area contributed by atoms with Crippen molar-refractivity contribution in [3.8, 4) is 5.69 Å². The quantitative estimate of drug-likeness (QED) is 0.815. The molecule has 7 nitrogen and oxygen atoms in total. The van der Waals surface area contributed by atoms with Crippen molar-refractivity contribution in [2.45, 2.75) is 32.4 Å². The number of hydrogen-bond acceptors (Lipinski definition) is 4. The summed E-state index contributed by atoms with van der Waals surface area (Å²) >= 11 is 0. The van der Waals surface area contributed by atoms with Gasteiger partial charge in [-0.3, -0.25) is 23.9 Å². The first-order valence-corrected chi connectivity index (χ1v) is 10.3. The molecule has 4 rings (SSSR count). The number of nitrogens with zero attached hydrogens (tertiary/aromatic N) is 3. The predicted octanol–water partition coefficient (Wildman–Crippen LogP) is 1.07. The van der Waals surface area contributed by atoms with Crippen molar-refractivity contribution < 1.29 is 14.0 Å². The van der Waals surface area contributed by atoms with Crippen LogP contribution in [0.15, 0.2) is 41.3 Å². The number of fused-ring (bicyclic) bond motifs is 1. The van der Waals surface area contributed by atoms with Gasteiger partial charge < -0.3 is 10.2 Å². The van der Waals surface area contributed by atoms with Gasteiger partial charge in [-0.05, 0) is 48.4 Å². The second-order valence-corrected chi connectivity index (χ2v) is 7.71. The summed E-state index contributed by atoms with van der Waals surface area (Å²) in [6.45, 7) is 4.96. The molecule has 158 valence electrons. The molecule has 0 spiro atoms. The first-order chi connectivity index (χ1) is 14.5. The van der Waals surface area contributed by atoms with E-state index in [0.29, 0.717) is 31.7 Å². The standard InChI is InChI=1S/C22H25FN4O3/c1-2-25-10-8-24-22(30)19(25)12-20(28)26-9-7-15-11-21(29)27(14-16(15)13-26)18-5-3-17(23)4-6-18/h3-6,11,14,19H,2,7-10,12-13H2,1H3,(H,24,30). The van der Waals surface area contributed by atoms with Crippen molar-refractivity contribution in [3.05, 3.63) is 63.8 Å². The number of aromatic nitrogens is 1. The number of hydrogen-bond donors (Lipinski definition) is 1. The van der Waals surface area contributed by atoms with Gasteiger partial charge in [-0.25, -0.2) is 4.39 Å². The van der Waals surface area contributed by atoms with Gasteiger partial charge in [0.15, 0.2) is 0 Å². The summed E-state index contributed by atoms with van der Waals surface area (Å²) in [5.74, 6) is -0.533. The Morgan fingerprint density at radius 1 is 1.17 bits per heavy atom. The molecule has 1 fully saturated rings. The van der Waals surface area contributed by atoms with E-state index in [0.717, 1.165) is 24.2 Å². The third kappa shape index (κ3) is 4.00. The molecule has 0 radical (unpaired) electrons. The summed E-state index contributed by atoms with van der Waals surface area (Å²) in [5.41, 5.74) is 2.20. The zero-order chi connectivity index (χ0) is 21.3. The number of benzene rings is 1. The van der Waals surface area contributed by atoms with Crippen LogP contribution in [0.5, 0.6) is 0 Å². The van der Waals surface area contributed by atoms with Gasteiger partial charge in [0.05, 0.1) is 12.5 Å². The Balaban J connectivity index is 1.53. The number of halogens is 1. The van der Waals surface area contributed by atoms with Gasteiger partial charge in [0.1, 0.15) is 5.82 Å². The number of carbonyl (C=O) groups is 2. The molecule has 2 aromatic rings. The van der Waals surface area contributed by atoms with E-state index >= 15 is 0 Å². The summed E-state index contributed by atoms with van der Waals surface area (Å²) < 4.78 is 14.7. The van der Waals surface area contributed by atoms with E-state index in [1.807, 2.05) is 11.8 Å². The van der Waals surface area contributed by atoms with E-state index in [1.165, 1.54) is 16.7 Å². The highest BCUT2D eigenvalue weighted by Gasteiger charge is 2.33. The molecule has 1 N–H and O–H groups in total. The molecule has 2 aliphatic heterocycles. The molecular formula is C22H25FN4O3. The van der Waals surface area contributed by atoms with Crippen LogP contribution in [0.4, 0.5) is 4.39 Å². The fourth-order valence-electron chi connectivity index (χ4n) is 4.20. The molecule has 0 saturated carbocycles. The van der Waals surface area contributed by atoms with Crippen LogP contribution in [0.3, 0.4) is 0 Å². The highest BCUT2D eigenvalue weighted by atomic mass is 19.1. The summed E-state index contributed by atoms with van der Waals surface area (Å²) in [5, 5.41) is 2.84. The summed E-state index contributed by atoms with van der Waals surface area (Å²) in [7, 11) is 0. The lowest BCUT2D eigenvalue weighted by atomic mass is 10.0. The Hall–Kier alpha value is -3.00.